The maximum Gasteiger partial charge on any atom is 0.285 e. The molecule has 7 nitrogen and oxygen atoms in total. The Kier molecular flexibility index (Phi) is 5.40. The molecule has 9 heteroatoms. The number of halogens is 2. The van der Waals surface area contributed by atoms with Crippen LogP contribution in [0.5, 0.6) is 11.5 Å². The number of aromatic amines is 1. The van der Waals surface area contributed by atoms with E-state index >= 15 is 0 Å². The molecule has 0 fully saturated rings. The van der Waals surface area contributed by atoms with Crippen LogP contribution in [0, 0.1) is 0 Å². The zero-order chi connectivity index (χ0) is 16.1. The molecule has 0 saturated carbocycles. The van der Waals surface area contributed by atoms with Crippen molar-refractivity contribution in [2.45, 2.75) is 0 Å². The summed E-state index contributed by atoms with van der Waals surface area (Å²) < 4.78 is 11.2. The highest BCUT2D eigenvalue weighted by Gasteiger charge is 2.11. The number of benzene rings is 1. The van der Waals surface area contributed by atoms with E-state index in [0.29, 0.717) is 21.7 Å². The summed E-state index contributed by atoms with van der Waals surface area (Å²) in [5, 5.41) is 9.86. The van der Waals surface area contributed by atoms with Crippen molar-refractivity contribution in [1.82, 2.24) is 10.2 Å². The van der Waals surface area contributed by atoms with E-state index < -0.39 is 5.56 Å². The normalized spacial score (nSPS) is 10.7. The fourth-order valence-corrected chi connectivity index (χ4v) is 2.36. The number of H-pyrrole nitrogens is 1. The number of nitrogens with zero attached hydrogens (tertiary/aromatic N) is 2. The van der Waals surface area contributed by atoms with Crippen LogP contribution in [0.4, 0.5) is 5.69 Å². The van der Waals surface area contributed by atoms with Gasteiger partial charge in [0.15, 0.2) is 11.5 Å². The summed E-state index contributed by atoms with van der Waals surface area (Å²) >= 11 is 9.26. The van der Waals surface area contributed by atoms with Crippen LogP contribution in [0.1, 0.15) is 5.56 Å². The zero-order valence-electron chi connectivity index (χ0n) is 11.7. The molecule has 0 aliphatic rings. The van der Waals surface area contributed by atoms with Crippen LogP contribution < -0.4 is 20.5 Å². The number of anilines is 1. The van der Waals surface area contributed by atoms with Gasteiger partial charge in [-0.15, -0.1) is 0 Å². The summed E-state index contributed by atoms with van der Waals surface area (Å²) in [6, 6.07) is 3.56. The van der Waals surface area contributed by atoms with Crippen LogP contribution in [0.3, 0.4) is 0 Å². The van der Waals surface area contributed by atoms with Crippen molar-refractivity contribution in [2.24, 2.45) is 5.10 Å². The lowest BCUT2D eigenvalue weighted by atomic mass is 10.2. The molecule has 2 N–H and O–H groups in total. The van der Waals surface area contributed by atoms with Crippen LogP contribution in [-0.2, 0) is 0 Å². The smallest absolute Gasteiger partial charge is 0.285 e. The van der Waals surface area contributed by atoms with Crippen molar-refractivity contribution < 1.29 is 9.47 Å². The van der Waals surface area contributed by atoms with E-state index in [0.717, 1.165) is 5.56 Å². The summed E-state index contributed by atoms with van der Waals surface area (Å²) in [5.74, 6) is 1.16. The van der Waals surface area contributed by atoms with E-state index in [1.807, 2.05) is 0 Å². The third-order valence-electron chi connectivity index (χ3n) is 2.70. The van der Waals surface area contributed by atoms with Gasteiger partial charge >= 0.3 is 0 Å². The van der Waals surface area contributed by atoms with Crippen LogP contribution >= 0.6 is 27.5 Å². The van der Waals surface area contributed by atoms with Crippen LogP contribution in [0.15, 0.2) is 32.7 Å². The van der Waals surface area contributed by atoms with E-state index in [1.54, 1.807) is 32.6 Å². The molecule has 0 spiro atoms. The molecule has 0 unspecified atom stereocenters. The Bertz CT molecular complexity index is 763. The molecule has 0 atom stereocenters. The first-order valence-corrected chi connectivity index (χ1v) is 7.18. The Morgan fingerprint density at radius 3 is 2.86 bits per heavy atom. The molecule has 1 heterocycles. The number of aromatic nitrogens is 2. The monoisotopic (exact) mass is 386 g/mol. The molecule has 22 heavy (non-hydrogen) atoms. The quantitative estimate of drug-likeness (QED) is 0.608. The molecule has 1 aromatic heterocycles. The second kappa shape index (κ2) is 7.28. The van der Waals surface area contributed by atoms with Crippen molar-refractivity contribution >= 4 is 39.4 Å². The Balaban J connectivity index is 2.24. The fraction of sp³-hybridized carbons (Fsp3) is 0.154. The van der Waals surface area contributed by atoms with Gasteiger partial charge in [0.1, 0.15) is 10.7 Å². The highest BCUT2D eigenvalue weighted by Crippen LogP contribution is 2.36. The molecule has 116 valence electrons. The van der Waals surface area contributed by atoms with Gasteiger partial charge in [-0.1, -0.05) is 11.6 Å². The highest BCUT2D eigenvalue weighted by atomic mass is 79.9. The molecule has 2 aromatic rings. The topological polar surface area (TPSA) is 88.6 Å². The molecule has 0 saturated heterocycles. The number of hydrazone groups is 1. The van der Waals surface area contributed by atoms with Gasteiger partial charge in [-0.2, -0.15) is 10.2 Å². The molecular weight excluding hydrogens is 376 g/mol. The average molecular weight is 388 g/mol. The Hall–Kier alpha value is -2.06. The average Bonchev–Trinajstić information content (AvgIpc) is 2.52. The number of ether oxygens (including phenoxy) is 2. The Morgan fingerprint density at radius 1 is 1.41 bits per heavy atom. The van der Waals surface area contributed by atoms with E-state index in [2.05, 4.69) is 36.7 Å². The first-order valence-electron chi connectivity index (χ1n) is 6.01. The largest absolute Gasteiger partial charge is 0.493 e. The third kappa shape index (κ3) is 3.40. The van der Waals surface area contributed by atoms with Gasteiger partial charge in [0.05, 0.1) is 31.1 Å². The van der Waals surface area contributed by atoms with Crippen LogP contribution in [0.25, 0.3) is 0 Å². The van der Waals surface area contributed by atoms with E-state index in [4.69, 9.17) is 21.1 Å². The molecule has 0 aliphatic carbocycles. The third-order valence-corrected chi connectivity index (χ3v) is 3.89. The summed E-state index contributed by atoms with van der Waals surface area (Å²) in [5.41, 5.74) is 3.22. The standard InChI is InChI=1S/C13H12BrClN4O3/c1-21-9-4-3-7(10(14)12(9)22-2)5-16-18-8-6-17-19-13(20)11(8)15/h3-6H,1-2H3,(H2,18,19,20)/b16-5-. The number of nitrogens with one attached hydrogen (secondary N) is 2. The van der Waals surface area contributed by atoms with Crippen molar-refractivity contribution in [3.05, 3.63) is 43.7 Å². The lowest BCUT2D eigenvalue weighted by Crippen LogP contribution is -2.10. The van der Waals surface area contributed by atoms with Crippen molar-refractivity contribution in [2.75, 3.05) is 19.6 Å². The summed E-state index contributed by atoms with van der Waals surface area (Å²) in [6.07, 6.45) is 2.91. The minimum Gasteiger partial charge on any atom is -0.493 e. The van der Waals surface area contributed by atoms with Gasteiger partial charge in [0.2, 0.25) is 0 Å². The zero-order valence-corrected chi connectivity index (χ0v) is 14.0. The fourth-order valence-electron chi connectivity index (χ4n) is 1.64. The minimum absolute atomic E-state index is 0.0153. The van der Waals surface area contributed by atoms with Gasteiger partial charge in [-0.25, -0.2) is 5.10 Å². The van der Waals surface area contributed by atoms with Gasteiger partial charge in [-0.3, -0.25) is 10.2 Å². The van der Waals surface area contributed by atoms with Crippen molar-refractivity contribution in [3.8, 4) is 11.5 Å². The molecular formula is C13H12BrClN4O3. The van der Waals surface area contributed by atoms with Crippen LogP contribution in [-0.4, -0.2) is 30.6 Å². The molecule has 0 bridgehead atoms. The second-order valence-corrected chi connectivity index (χ2v) is 5.17. The van der Waals surface area contributed by atoms with Gasteiger partial charge in [-0.05, 0) is 28.1 Å². The molecule has 0 aliphatic heterocycles. The highest BCUT2D eigenvalue weighted by molar-refractivity contribution is 9.10. The number of methoxy groups -OCH3 is 2. The maximum absolute atomic E-state index is 11.3. The predicted molar refractivity (Wildman–Crippen MR) is 88.3 cm³/mol. The summed E-state index contributed by atoms with van der Waals surface area (Å²) in [4.78, 5) is 11.3. The Labute approximate surface area is 139 Å². The number of hydrogen-bond acceptors (Lipinski definition) is 6. The van der Waals surface area contributed by atoms with Gasteiger partial charge in [0.25, 0.3) is 5.56 Å². The van der Waals surface area contributed by atoms with E-state index in [1.165, 1.54) is 6.20 Å². The first-order chi connectivity index (χ1) is 10.6. The molecule has 0 radical (unpaired) electrons. The molecule has 2 rings (SSSR count). The van der Waals surface area contributed by atoms with Crippen molar-refractivity contribution in [1.29, 1.82) is 0 Å². The lowest BCUT2D eigenvalue weighted by Gasteiger charge is -2.10. The predicted octanol–water partition coefficient (Wildman–Crippen LogP) is 2.65. The van der Waals surface area contributed by atoms with Gasteiger partial charge in [0, 0.05) is 5.56 Å². The summed E-state index contributed by atoms with van der Waals surface area (Å²) in [7, 11) is 3.10. The lowest BCUT2D eigenvalue weighted by molar-refractivity contribution is 0.353. The Morgan fingerprint density at radius 2 is 2.18 bits per heavy atom. The maximum atomic E-state index is 11.3. The second-order valence-electron chi connectivity index (χ2n) is 4.00. The first kappa shape index (κ1) is 16.3. The van der Waals surface area contributed by atoms with E-state index in [-0.39, 0.29) is 5.02 Å². The summed E-state index contributed by atoms with van der Waals surface area (Å²) in [6.45, 7) is 0. The minimum atomic E-state index is -0.492. The molecule has 0 amide bonds. The molecule has 1 aromatic carbocycles. The number of hydrogen-bond donors (Lipinski definition) is 2. The SMILES string of the molecule is COc1ccc(/C=N\Nc2cn[nH]c(=O)c2Cl)c(Br)c1OC. The van der Waals surface area contributed by atoms with Gasteiger partial charge < -0.3 is 9.47 Å². The van der Waals surface area contributed by atoms with Crippen LogP contribution in [0.2, 0.25) is 5.02 Å². The van der Waals surface area contributed by atoms with E-state index in [9.17, 15) is 4.79 Å². The number of rotatable bonds is 5. The van der Waals surface area contributed by atoms with Crippen molar-refractivity contribution in [3.63, 3.8) is 0 Å².